The van der Waals surface area contributed by atoms with Crippen LogP contribution in [0.25, 0.3) is 10.8 Å². The van der Waals surface area contributed by atoms with Crippen molar-refractivity contribution in [1.82, 2.24) is 4.90 Å². The van der Waals surface area contributed by atoms with Crippen molar-refractivity contribution in [2.45, 2.75) is 19.0 Å². The van der Waals surface area contributed by atoms with Gasteiger partial charge in [0.1, 0.15) is 5.75 Å². The highest BCUT2D eigenvalue weighted by Gasteiger charge is 2.24. The summed E-state index contributed by atoms with van der Waals surface area (Å²) in [5.41, 5.74) is 2.69. The molecule has 0 N–H and O–H groups in total. The lowest BCUT2D eigenvalue weighted by Crippen LogP contribution is -2.29. The van der Waals surface area contributed by atoms with Gasteiger partial charge in [-0.1, -0.05) is 60.7 Å². The largest absolute Gasteiger partial charge is 0.493 e. The molecular formula is C21H21NO. The molecule has 1 aliphatic heterocycles. The normalized spacial score (nSPS) is 17.0. The van der Waals surface area contributed by atoms with Crippen molar-refractivity contribution in [2.24, 2.45) is 0 Å². The van der Waals surface area contributed by atoms with Crippen LogP contribution in [0.5, 0.6) is 5.75 Å². The van der Waals surface area contributed by atoms with Gasteiger partial charge in [0.15, 0.2) is 0 Å². The maximum atomic E-state index is 5.80. The average Bonchev–Trinajstić information content (AvgIpc) is 2.61. The number of ether oxygens (including phenoxy) is 1. The van der Waals surface area contributed by atoms with E-state index in [9.17, 15) is 0 Å². The molecule has 1 aliphatic rings. The molecule has 0 fully saturated rings. The minimum absolute atomic E-state index is 0.416. The van der Waals surface area contributed by atoms with Gasteiger partial charge in [-0.05, 0) is 29.4 Å². The fraction of sp³-hybridized carbons (Fsp3) is 0.238. The van der Waals surface area contributed by atoms with Crippen molar-refractivity contribution in [3.05, 3.63) is 77.9 Å². The molecule has 4 rings (SSSR count). The summed E-state index contributed by atoms with van der Waals surface area (Å²) in [5.74, 6) is 1.04. The van der Waals surface area contributed by atoms with Crippen molar-refractivity contribution in [3.8, 4) is 5.75 Å². The first-order valence-corrected chi connectivity index (χ1v) is 8.21. The van der Waals surface area contributed by atoms with Gasteiger partial charge in [0.2, 0.25) is 0 Å². The molecule has 0 spiro atoms. The van der Waals surface area contributed by atoms with E-state index in [-0.39, 0.29) is 0 Å². The maximum Gasteiger partial charge on any atom is 0.124 e. The molecule has 1 atom stereocenters. The Labute approximate surface area is 137 Å². The van der Waals surface area contributed by atoms with Crippen LogP contribution in [0.2, 0.25) is 0 Å². The van der Waals surface area contributed by atoms with E-state index >= 15 is 0 Å². The van der Waals surface area contributed by atoms with Crippen LogP contribution in [0.15, 0.2) is 66.7 Å². The van der Waals surface area contributed by atoms with Crippen molar-refractivity contribution in [1.29, 1.82) is 0 Å². The SMILES string of the molecule is CN(Cc1cccc2ccccc12)C1CCOc2ccccc21. The van der Waals surface area contributed by atoms with Gasteiger partial charge in [0.05, 0.1) is 6.61 Å². The topological polar surface area (TPSA) is 12.5 Å². The Hall–Kier alpha value is -2.32. The van der Waals surface area contributed by atoms with Gasteiger partial charge in [0, 0.05) is 24.6 Å². The third kappa shape index (κ3) is 2.71. The van der Waals surface area contributed by atoms with Crippen LogP contribution in [-0.4, -0.2) is 18.6 Å². The van der Waals surface area contributed by atoms with Gasteiger partial charge < -0.3 is 4.74 Å². The molecule has 0 aliphatic carbocycles. The lowest BCUT2D eigenvalue weighted by Gasteiger charge is -2.33. The Bertz CT molecular complexity index is 821. The predicted molar refractivity (Wildman–Crippen MR) is 94.7 cm³/mol. The summed E-state index contributed by atoms with van der Waals surface area (Å²) >= 11 is 0. The quantitative estimate of drug-likeness (QED) is 0.689. The zero-order valence-corrected chi connectivity index (χ0v) is 13.4. The van der Waals surface area contributed by atoms with Crippen molar-refractivity contribution in [3.63, 3.8) is 0 Å². The smallest absolute Gasteiger partial charge is 0.124 e. The standard InChI is InChI=1S/C21H21NO/c1-22(20-13-14-23-21-12-5-4-11-19(20)21)15-17-9-6-8-16-7-2-3-10-18(16)17/h2-12,20H,13-15H2,1H3. The van der Waals surface area contributed by atoms with Crippen molar-refractivity contribution >= 4 is 10.8 Å². The lowest BCUT2D eigenvalue weighted by atomic mass is 9.98. The first-order chi connectivity index (χ1) is 11.3. The Morgan fingerprint density at radius 1 is 0.957 bits per heavy atom. The van der Waals surface area contributed by atoms with E-state index in [4.69, 9.17) is 4.74 Å². The molecule has 0 bridgehead atoms. The van der Waals surface area contributed by atoms with Crippen LogP contribution in [0.4, 0.5) is 0 Å². The fourth-order valence-corrected chi connectivity index (χ4v) is 3.59. The molecule has 0 aromatic heterocycles. The van der Waals surface area contributed by atoms with E-state index < -0.39 is 0 Å². The number of hydrogen-bond acceptors (Lipinski definition) is 2. The van der Waals surface area contributed by atoms with Gasteiger partial charge >= 0.3 is 0 Å². The third-order valence-corrected chi connectivity index (χ3v) is 4.76. The van der Waals surface area contributed by atoms with Gasteiger partial charge in [-0.2, -0.15) is 0 Å². The molecule has 2 nitrogen and oxygen atoms in total. The minimum atomic E-state index is 0.416. The fourth-order valence-electron chi connectivity index (χ4n) is 3.59. The summed E-state index contributed by atoms with van der Waals surface area (Å²) in [6.45, 7) is 1.74. The number of benzene rings is 3. The number of para-hydroxylation sites is 1. The highest BCUT2D eigenvalue weighted by molar-refractivity contribution is 5.85. The summed E-state index contributed by atoms with van der Waals surface area (Å²) in [6, 6.07) is 24.0. The maximum absolute atomic E-state index is 5.80. The van der Waals surface area contributed by atoms with Gasteiger partial charge in [-0.25, -0.2) is 0 Å². The zero-order valence-electron chi connectivity index (χ0n) is 13.4. The number of hydrogen-bond donors (Lipinski definition) is 0. The first kappa shape index (κ1) is 14.3. The van der Waals surface area contributed by atoms with E-state index in [1.165, 1.54) is 21.9 Å². The number of nitrogens with zero attached hydrogens (tertiary/aromatic N) is 1. The van der Waals surface area contributed by atoms with Gasteiger partial charge in [0.25, 0.3) is 0 Å². The molecule has 0 radical (unpaired) electrons. The number of rotatable bonds is 3. The van der Waals surface area contributed by atoms with E-state index in [2.05, 4.69) is 72.6 Å². The van der Waals surface area contributed by atoms with Crippen LogP contribution < -0.4 is 4.74 Å². The van der Waals surface area contributed by atoms with E-state index in [1.54, 1.807) is 0 Å². The monoisotopic (exact) mass is 303 g/mol. The Morgan fingerprint density at radius 3 is 2.70 bits per heavy atom. The van der Waals surface area contributed by atoms with Gasteiger partial charge in [-0.15, -0.1) is 0 Å². The number of fused-ring (bicyclic) bond motifs is 2. The minimum Gasteiger partial charge on any atom is -0.493 e. The molecule has 3 aromatic rings. The molecule has 1 unspecified atom stereocenters. The molecule has 116 valence electrons. The highest BCUT2D eigenvalue weighted by Crippen LogP contribution is 2.36. The predicted octanol–water partition coefficient (Wildman–Crippen LogP) is 4.80. The molecule has 1 heterocycles. The second-order valence-corrected chi connectivity index (χ2v) is 6.24. The lowest BCUT2D eigenvalue weighted by molar-refractivity contribution is 0.161. The van der Waals surface area contributed by atoms with E-state index in [0.29, 0.717) is 6.04 Å². The van der Waals surface area contributed by atoms with Crippen LogP contribution in [-0.2, 0) is 6.54 Å². The Kier molecular flexibility index (Phi) is 3.76. The Balaban J connectivity index is 1.64. The van der Waals surface area contributed by atoms with Crippen molar-refractivity contribution < 1.29 is 4.74 Å². The molecule has 0 saturated carbocycles. The van der Waals surface area contributed by atoms with E-state index in [0.717, 1.165) is 25.3 Å². The van der Waals surface area contributed by atoms with E-state index in [1.807, 2.05) is 6.07 Å². The molecule has 23 heavy (non-hydrogen) atoms. The van der Waals surface area contributed by atoms with Crippen LogP contribution in [0.1, 0.15) is 23.6 Å². The summed E-state index contributed by atoms with van der Waals surface area (Å²) in [6.07, 6.45) is 1.04. The molecular weight excluding hydrogens is 282 g/mol. The molecule has 0 saturated heterocycles. The Morgan fingerprint density at radius 2 is 1.74 bits per heavy atom. The van der Waals surface area contributed by atoms with Crippen LogP contribution in [0.3, 0.4) is 0 Å². The van der Waals surface area contributed by atoms with Gasteiger partial charge in [-0.3, -0.25) is 4.90 Å². The summed E-state index contributed by atoms with van der Waals surface area (Å²) in [5, 5.41) is 2.66. The second kappa shape index (κ2) is 6.05. The highest BCUT2D eigenvalue weighted by atomic mass is 16.5. The first-order valence-electron chi connectivity index (χ1n) is 8.21. The average molecular weight is 303 g/mol. The van der Waals surface area contributed by atoms with Crippen LogP contribution in [0, 0.1) is 0 Å². The second-order valence-electron chi connectivity index (χ2n) is 6.24. The third-order valence-electron chi connectivity index (χ3n) is 4.76. The zero-order chi connectivity index (χ0) is 15.6. The summed E-state index contributed by atoms with van der Waals surface area (Å²) < 4.78 is 5.80. The molecule has 3 aromatic carbocycles. The molecule has 2 heteroatoms. The summed E-state index contributed by atoms with van der Waals surface area (Å²) in [7, 11) is 2.22. The molecule has 0 amide bonds. The van der Waals surface area contributed by atoms with Crippen molar-refractivity contribution in [2.75, 3.05) is 13.7 Å². The summed E-state index contributed by atoms with van der Waals surface area (Å²) in [4.78, 5) is 2.45. The van der Waals surface area contributed by atoms with Crippen LogP contribution >= 0.6 is 0 Å².